The molecule has 7 nitrogen and oxygen atoms in total. The van der Waals surface area contributed by atoms with Crippen molar-refractivity contribution < 1.29 is 9.53 Å². The Hall–Kier alpha value is -2.39. The number of aromatic nitrogens is 4. The number of thioether (sulfide) groups is 1. The van der Waals surface area contributed by atoms with Crippen molar-refractivity contribution in [3.05, 3.63) is 52.2 Å². The van der Waals surface area contributed by atoms with Crippen LogP contribution in [0, 0.1) is 6.92 Å². The fourth-order valence-electron chi connectivity index (χ4n) is 2.19. The van der Waals surface area contributed by atoms with Gasteiger partial charge in [-0.25, -0.2) is 4.68 Å². The second-order valence-corrected chi connectivity index (χ2v) is 7.48. The number of tetrazole rings is 1. The van der Waals surface area contributed by atoms with Gasteiger partial charge >= 0.3 is 0 Å². The molecule has 136 valence electrons. The molecule has 0 bridgehead atoms. The van der Waals surface area contributed by atoms with Crippen molar-refractivity contribution in [1.82, 2.24) is 25.5 Å². The van der Waals surface area contributed by atoms with Gasteiger partial charge in [0.25, 0.3) is 0 Å². The molecule has 26 heavy (non-hydrogen) atoms. The molecule has 0 saturated carbocycles. The third kappa shape index (κ3) is 5.57. The van der Waals surface area contributed by atoms with E-state index in [-0.39, 0.29) is 11.7 Å². The van der Waals surface area contributed by atoms with E-state index in [1.807, 2.05) is 48.7 Å². The molecule has 0 spiro atoms. The van der Waals surface area contributed by atoms with Crippen molar-refractivity contribution in [2.45, 2.75) is 18.6 Å². The van der Waals surface area contributed by atoms with Crippen molar-refractivity contribution in [1.29, 1.82) is 0 Å². The molecule has 9 heteroatoms. The molecule has 0 saturated heterocycles. The number of benzene rings is 1. The zero-order valence-electron chi connectivity index (χ0n) is 14.3. The van der Waals surface area contributed by atoms with Gasteiger partial charge < -0.3 is 10.1 Å². The van der Waals surface area contributed by atoms with Crippen molar-refractivity contribution in [3.8, 4) is 5.75 Å². The number of carbonyl (C=O) groups excluding carboxylic acids is 1. The van der Waals surface area contributed by atoms with Crippen LogP contribution in [0.4, 0.5) is 0 Å². The van der Waals surface area contributed by atoms with Crippen molar-refractivity contribution in [2.24, 2.45) is 0 Å². The van der Waals surface area contributed by atoms with Crippen LogP contribution in [0.5, 0.6) is 5.75 Å². The van der Waals surface area contributed by atoms with Crippen LogP contribution in [0.25, 0.3) is 0 Å². The molecule has 0 unspecified atom stereocenters. The Balaban J connectivity index is 1.37. The highest BCUT2D eigenvalue weighted by Gasteiger charge is 2.10. The Bertz CT molecular complexity index is 835. The summed E-state index contributed by atoms with van der Waals surface area (Å²) in [5.74, 6) is 0.991. The number of hydrogen-bond donors (Lipinski definition) is 1. The number of nitrogens with zero attached hydrogens (tertiary/aromatic N) is 4. The Kier molecular flexibility index (Phi) is 6.62. The van der Waals surface area contributed by atoms with Crippen LogP contribution in [0.1, 0.15) is 10.4 Å². The zero-order chi connectivity index (χ0) is 18.2. The Morgan fingerprint density at radius 2 is 2.27 bits per heavy atom. The maximum absolute atomic E-state index is 12.0. The van der Waals surface area contributed by atoms with E-state index in [1.54, 1.807) is 16.0 Å². The minimum Gasteiger partial charge on any atom is -0.492 e. The molecule has 1 N–H and O–H groups in total. The monoisotopic (exact) mass is 389 g/mol. The number of nitrogens with one attached hydrogen (secondary N) is 1. The maximum atomic E-state index is 12.0. The van der Waals surface area contributed by atoms with Gasteiger partial charge in [0.15, 0.2) is 0 Å². The Morgan fingerprint density at radius 3 is 3.08 bits per heavy atom. The largest absolute Gasteiger partial charge is 0.492 e. The molecule has 2 aromatic heterocycles. The van der Waals surface area contributed by atoms with Crippen LogP contribution in [-0.2, 0) is 11.3 Å². The second-order valence-electron chi connectivity index (χ2n) is 5.50. The SMILES string of the molecule is Cc1cccc(OCCNC(=O)CSc2nnnn2Cc2cccs2)c1. The summed E-state index contributed by atoms with van der Waals surface area (Å²) in [5, 5.41) is 17.1. The Labute approximate surface area is 159 Å². The quantitative estimate of drug-likeness (QED) is 0.447. The van der Waals surface area contributed by atoms with Gasteiger partial charge in [0, 0.05) is 4.88 Å². The summed E-state index contributed by atoms with van der Waals surface area (Å²) in [5.41, 5.74) is 1.14. The predicted molar refractivity (Wildman–Crippen MR) is 102 cm³/mol. The summed E-state index contributed by atoms with van der Waals surface area (Å²) in [6, 6.07) is 11.8. The number of amides is 1. The number of aryl methyl sites for hydroxylation is 1. The second kappa shape index (κ2) is 9.35. The molecule has 0 radical (unpaired) electrons. The molecular formula is C17H19N5O2S2. The molecule has 0 aliphatic carbocycles. The van der Waals surface area contributed by atoms with Crippen LogP contribution < -0.4 is 10.1 Å². The summed E-state index contributed by atoms with van der Waals surface area (Å²) in [6.07, 6.45) is 0. The number of carbonyl (C=O) groups is 1. The minimum absolute atomic E-state index is 0.0754. The average molecular weight is 390 g/mol. The van der Waals surface area contributed by atoms with Crippen molar-refractivity contribution >= 4 is 29.0 Å². The van der Waals surface area contributed by atoms with Crippen LogP contribution >= 0.6 is 23.1 Å². The van der Waals surface area contributed by atoms with E-state index in [1.165, 1.54) is 11.8 Å². The summed E-state index contributed by atoms with van der Waals surface area (Å²) in [7, 11) is 0. The molecular weight excluding hydrogens is 370 g/mol. The first-order valence-corrected chi connectivity index (χ1v) is 9.95. The lowest BCUT2D eigenvalue weighted by Gasteiger charge is -2.08. The highest BCUT2D eigenvalue weighted by molar-refractivity contribution is 7.99. The molecule has 1 amide bonds. The van der Waals surface area contributed by atoms with E-state index >= 15 is 0 Å². The van der Waals surface area contributed by atoms with Gasteiger partial charge in [-0.1, -0.05) is 30.0 Å². The van der Waals surface area contributed by atoms with Gasteiger partial charge in [-0.2, -0.15) is 0 Å². The number of thiophene rings is 1. The lowest BCUT2D eigenvalue weighted by Crippen LogP contribution is -2.29. The van der Waals surface area contributed by atoms with E-state index in [0.29, 0.717) is 24.9 Å². The van der Waals surface area contributed by atoms with Gasteiger partial charge in [-0.05, 0) is 46.5 Å². The van der Waals surface area contributed by atoms with Gasteiger partial charge in [0.2, 0.25) is 11.1 Å². The van der Waals surface area contributed by atoms with Crippen LogP contribution in [0.3, 0.4) is 0 Å². The first kappa shape index (κ1) is 18.4. The fourth-order valence-corrected chi connectivity index (χ4v) is 3.59. The molecule has 0 aliphatic rings. The predicted octanol–water partition coefficient (Wildman–Crippen LogP) is 2.38. The Morgan fingerprint density at radius 1 is 1.35 bits per heavy atom. The number of hydrogen-bond acceptors (Lipinski definition) is 7. The van der Waals surface area contributed by atoms with E-state index in [9.17, 15) is 4.79 Å². The number of rotatable bonds is 9. The van der Waals surface area contributed by atoms with Gasteiger partial charge in [-0.15, -0.1) is 16.4 Å². The summed E-state index contributed by atoms with van der Waals surface area (Å²) in [4.78, 5) is 13.1. The third-order valence-electron chi connectivity index (χ3n) is 3.40. The van der Waals surface area contributed by atoms with E-state index < -0.39 is 0 Å². The average Bonchev–Trinajstić information content (AvgIpc) is 3.29. The smallest absolute Gasteiger partial charge is 0.230 e. The lowest BCUT2D eigenvalue weighted by atomic mass is 10.2. The molecule has 0 aliphatic heterocycles. The van der Waals surface area contributed by atoms with Gasteiger partial charge in [-0.3, -0.25) is 4.79 Å². The molecule has 3 aromatic rings. The normalized spacial score (nSPS) is 10.7. The lowest BCUT2D eigenvalue weighted by molar-refractivity contribution is -0.118. The van der Waals surface area contributed by atoms with Crippen LogP contribution in [0.15, 0.2) is 46.9 Å². The van der Waals surface area contributed by atoms with Crippen molar-refractivity contribution in [3.63, 3.8) is 0 Å². The van der Waals surface area contributed by atoms with E-state index in [0.717, 1.165) is 16.2 Å². The summed E-state index contributed by atoms with van der Waals surface area (Å²) >= 11 is 2.97. The first-order chi connectivity index (χ1) is 12.7. The molecule has 0 fully saturated rings. The molecule has 1 aromatic carbocycles. The standard InChI is InChI=1S/C17H19N5O2S2/c1-13-4-2-5-14(10-13)24-8-7-18-16(23)12-26-17-19-20-21-22(17)11-15-6-3-9-25-15/h2-6,9-10H,7-8,11-12H2,1H3,(H,18,23). The summed E-state index contributed by atoms with van der Waals surface area (Å²) in [6.45, 7) is 3.50. The third-order valence-corrected chi connectivity index (χ3v) is 5.22. The molecule has 0 atom stereocenters. The topological polar surface area (TPSA) is 81.9 Å². The first-order valence-electron chi connectivity index (χ1n) is 8.08. The fraction of sp³-hybridized carbons (Fsp3) is 0.294. The van der Waals surface area contributed by atoms with Gasteiger partial charge in [0.1, 0.15) is 12.4 Å². The highest BCUT2D eigenvalue weighted by atomic mass is 32.2. The van der Waals surface area contributed by atoms with Crippen LogP contribution in [0.2, 0.25) is 0 Å². The van der Waals surface area contributed by atoms with E-state index in [4.69, 9.17) is 4.74 Å². The maximum Gasteiger partial charge on any atom is 0.230 e. The van der Waals surface area contributed by atoms with Gasteiger partial charge in [0.05, 0.1) is 18.8 Å². The number of ether oxygens (including phenoxy) is 1. The van der Waals surface area contributed by atoms with E-state index in [2.05, 4.69) is 20.8 Å². The van der Waals surface area contributed by atoms with Crippen LogP contribution in [-0.4, -0.2) is 45.0 Å². The summed E-state index contributed by atoms with van der Waals surface area (Å²) < 4.78 is 7.31. The zero-order valence-corrected chi connectivity index (χ0v) is 15.9. The molecule has 3 rings (SSSR count). The molecule has 2 heterocycles. The highest BCUT2D eigenvalue weighted by Crippen LogP contribution is 2.17. The minimum atomic E-state index is -0.0754. The van der Waals surface area contributed by atoms with Crippen molar-refractivity contribution in [2.75, 3.05) is 18.9 Å².